The Bertz CT molecular complexity index is 683. The first kappa shape index (κ1) is 21.0. The summed E-state index contributed by atoms with van der Waals surface area (Å²) in [6.45, 7) is 9.53. The van der Waals surface area contributed by atoms with Crippen molar-refractivity contribution in [1.82, 2.24) is 20.7 Å². The number of aliphatic imine (C=N–C) groups is 1. The SMILES string of the molecule is CCNC(=NCc1cc(CC)no1)NCCC(C)N(C)Cc1ccccc1. The number of nitrogens with one attached hydrogen (secondary N) is 2. The Kier molecular flexibility index (Phi) is 8.84. The van der Waals surface area contributed by atoms with Crippen LogP contribution in [0.15, 0.2) is 45.9 Å². The lowest BCUT2D eigenvalue weighted by Crippen LogP contribution is -2.40. The summed E-state index contributed by atoms with van der Waals surface area (Å²) in [6, 6.07) is 13.0. The fourth-order valence-corrected chi connectivity index (χ4v) is 2.74. The third-order valence-electron chi connectivity index (χ3n) is 4.59. The van der Waals surface area contributed by atoms with E-state index in [0.29, 0.717) is 12.6 Å². The number of benzene rings is 1. The predicted octanol–water partition coefficient (Wildman–Crippen LogP) is 3.20. The second-order valence-corrected chi connectivity index (χ2v) is 6.80. The lowest BCUT2D eigenvalue weighted by Gasteiger charge is -2.25. The smallest absolute Gasteiger partial charge is 0.191 e. The molecule has 0 aliphatic carbocycles. The van der Waals surface area contributed by atoms with E-state index in [4.69, 9.17) is 4.52 Å². The summed E-state index contributed by atoms with van der Waals surface area (Å²) in [4.78, 5) is 6.96. The molecule has 1 atom stereocenters. The van der Waals surface area contributed by atoms with Crippen molar-refractivity contribution < 1.29 is 4.52 Å². The van der Waals surface area contributed by atoms with Gasteiger partial charge in [0.25, 0.3) is 0 Å². The normalized spacial score (nSPS) is 13.0. The molecule has 1 aromatic heterocycles. The Labute approximate surface area is 163 Å². The molecule has 6 nitrogen and oxygen atoms in total. The average molecular weight is 372 g/mol. The van der Waals surface area contributed by atoms with Crippen LogP contribution in [-0.4, -0.2) is 42.2 Å². The Morgan fingerprint density at radius 1 is 1.22 bits per heavy atom. The van der Waals surface area contributed by atoms with Gasteiger partial charge in [0.15, 0.2) is 11.7 Å². The molecular formula is C21H33N5O. The van der Waals surface area contributed by atoms with Gasteiger partial charge in [0.1, 0.15) is 6.54 Å². The quantitative estimate of drug-likeness (QED) is 0.496. The van der Waals surface area contributed by atoms with Crippen LogP contribution in [0.2, 0.25) is 0 Å². The molecule has 0 saturated heterocycles. The first-order valence-corrected chi connectivity index (χ1v) is 9.83. The number of aromatic nitrogens is 1. The summed E-state index contributed by atoms with van der Waals surface area (Å²) in [5.41, 5.74) is 2.31. The van der Waals surface area contributed by atoms with Crippen LogP contribution < -0.4 is 10.6 Å². The van der Waals surface area contributed by atoms with Gasteiger partial charge in [0.05, 0.1) is 5.69 Å². The molecule has 0 amide bonds. The highest BCUT2D eigenvalue weighted by Gasteiger charge is 2.10. The highest BCUT2D eigenvalue weighted by Crippen LogP contribution is 2.08. The number of nitrogens with zero attached hydrogens (tertiary/aromatic N) is 3. The van der Waals surface area contributed by atoms with Crippen LogP contribution in [-0.2, 0) is 19.5 Å². The molecule has 2 rings (SSSR count). The molecule has 1 unspecified atom stereocenters. The van der Waals surface area contributed by atoms with Crippen molar-refractivity contribution in [3.05, 3.63) is 53.4 Å². The number of rotatable bonds is 10. The Morgan fingerprint density at radius 2 is 2.00 bits per heavy atom. The molecule has 2 N–H and O–H groups in total. The van der Waals surface area contributed by atoms with Crippen LogP contribution >= 0.6 is 0 Å². The van der Waals surface area contributed by atoms with Gasteiger partial charge in [-0.15, -0.1) is 0 Å². The number of hydrogen-bond donors (Lipinski definition) is 2. The van der Waals surface area contributed by atoms with Gasteiger partial charge in [0, 0.05) is 31.7 Å². The minimum absolute atomic E-state index is 0.474. The van der Waals surface area contributed by atoms with Crippen molar-refractivity contribution in [3.8, 4) is 0 Å². The van der Waals surface area contributed by atoms with Gasteiger partial charge in [-0.1, -0.05) is 42.4 Å². The number of aryl methyl sites for hydroxylation is 1. The van der Waals surface area contributed by atoms with Crippen molar-refractivity contribution in [2.24, 2.45) is 4.99 Å². The van der Waals surface area contributed by atoms with Crippen LogP contribution in [0.5, 0.6) is 0 Å². The van der Waals surface area contributed by atoms with E-state index in [1.807, 2.05) is 6.07 Å². The molecule has 148 valence electrons. The van der Waals surface area contributed by atoms with Gasteiger partial charge in [-0.3, -0.25) is 4.90 Å². The van der Waals surface area contributed by atoms with Crippen molar-refractivity contribution in [2.45, 2.75) is 52.7 Å². The average Bonchev–Trinajstić information content (AvgIpc) is 3.15. The third kappa shape index (κ3) is 7.43. The summed E-state index contributed by atoms with van der Waals surface area (Å²) < 4.78 is 5.30. The summed E-state index contributed by atoms with van der Waals surface area (Å²) >= 11 is 0. The minimum Gasteiger partial charge on any atom is -0.359 e. The molecular weight excluding hydrogens is 338 g/mol. The summed E-state index contributed by atoms with van der Waals surface area (Å²) in [6.07, 6.45) is 1.91. The molecule has 0 radical (unpaired) electrons. The first-order chi connectivity index (χ1) is 13.1. The molecule has 0 saturated carbocycles. The lowest BCUT2D eigenvalue weighted by atomic mass is 10.1. The van der Waals surface area contributed by atoms with E-state index in [1.54, 1.807) is 0 Å². The molecule has 0 aliphatic rings. The maximum Gasteiger partial charge on any atom is 0.191 e. The van der Waals surface area contributed by atoms with Gasteiger partial charge in [-0.05, 0) is 39.3 Å². The topological polar surface area (TPSA) is 65.7 Å². The van der Waals surface area contributed by atoms with E-state index in [-0.39, 0.29) is 0 Å². The maximum atomic E-state index is 5.30. The van der Waals surface area contributed by atoms with Crippen molar-refractivity contribution in [3.63, 3.8) is 0 Å². The molecule has 0 fully saturated rings. The molecule has 2 aromatic rings. The fraction of sp³-hybridized carbons (Fsp3) is 0.524. The zero-order valence-electron chi connectivity index (χ0n) is 17.0. The van der Waals surface area contributed by atoms with Crippen LogP contribution in [0.4, 0.5) is 0 Å². The largest absolute Gasteiger partial charge is 0.359 e. The predicted molar refractivity (Wildman–Crippen MR) is 111 cm³/mol. The molecule has 0 spiro atoms. The highest BCUT2D eigenvalue weighted by atomic mass is 16.5. The second kappa shape index (κ2) is 11.4. The van der Waals surface area contributed by atoms with Crippen molar-refractivity contribution >= 4 is 5.96 Å². The standard InChI is InChI=1S/C21H33N5O/c1-5-19-14-20(27-25-19)15-24-21(22-6-2)23-13-12-17(3)26(4)16-18-10-8-7-9-11-18/h7-11,14,17H,5-6,12-13,15-16H2,1-4H3,(H2,22,23,24). The zero-order chi connectivity index (χ0) is 19.5. The van der Waals surface area contributed by atoms with E-state index < -0.39 is 0 Å². The fourth-order valence-electron chi connectivity index (χ4n) is 2.74. The molecule has 6 heteroatoms. The van der Waals surface area contributed by atoms with E-state index in [2.05, 4.69) is 83.8 Å². The van der Waals surface area contributed by atoms with E-state index >= 15 is 0 Å². The Morgan fingerprint density at radius 3 is 2.67 bits per heavy atom. The number of guanidine groups is 1. The Hall–Kier alpha value is -2.34. The van der Waals surface area contributed by atoms with E-state index in [0.717, 1.165) is 49.9 Å². The van der Waals surface area contributed by atoms with Gasteiger partial charge in [-0.25, -0.2) is 4.99 Å². The van der Waals surface area contributed by atoms with Gasteiger partial charge in [0.2, 0.25) is 0 Å². The summed E-state index contributed by atoms with van der Waals surface area (Å²) in [5, 5.41) is 10.7. The molecule has 0 bridgehead atoms. The van der Waals surface area contributed by atoms with Crippen LogP contribution in [0.3, 0.4) is 0 Å². The molecule has 0 aliphatic heterocycles. The van der Waals surface area contributed by atoms with Crippen LogP contribution in [0.25, 0.3) is 0 Å². The first-order valence-electron chi connectivity index (χ1n) is 9.83. The highest BCUT2D eigenvalue weighted by molar-refractivity contribution is 5.79. The van der Waals surface area contributed by atoms with Gasteiger partial charge < -0.3 is 15.2 Å². The van der Waals surface area contributed by atoms with E-state index in [9.17, 15) is 0 Å². The van der Waals surface area contributed by atoms with E-state index in [1.165, 1.54) is 5.56 Å². The minimum atomic E-state index is 0.474. The molecule has 1 aromatic carbocycles. The third-order valence-corrected chi connectivity index (χ3v) is 4.59. The molecule has 27 heavy (non-hydrogen) atoms. The van der Waals surface area contributed by atoms with Gasteiger partial charge in [-0.2, -0.15) is 0 Å². The summed E-state index contributed by atoms with van der Waals surface area (Å²) in [7, 11) is 2.17. The van der Waals surface area contributed by atoms with Gasteiger partial charge >= 0.3 is 0 Å². The summed E-state index contributed by atoms with van der Waals surface area (Å²) in [5.74, 6) is 1.60. The van der Waals surface area contributed by atoms with Crippen LogP contribution in [0.1, 0.15) is 44.2 Å². The molecule has 1 heterocycles. The van der Waals surface area contributed by atoms with Crippen molar-refractivity contribution in [1.29, 1.82) is 0 Å². The number of hydrogen-bond acceptors (Lipinski definition) is 4. The lowest BCUT2D eigenvalue weighted by molar-refractivity contribution is 0.238. The second-order valence-electron chi connectivity index (χ2n) is 6.80. The van der Waals surface area contributed by atoms with Crippen LogP contribution in [0, 0.1) is 0 Å². The maximum absolute atomic E-state index is 5.30. The zero-order valence-corrected chi connectivity index (χ0v) is 17.0. The Balaban J connectivity index is 1.77. The monoisotopic (exact) mass is 371 g/mol. The van der Waals surface area contributed by atoms with Crippen molar-refractivity contribution in [2.75, 3.05) is 20.1 Å².